The molecule has 0 fully saturated rings. The van der Waals surface area contributed by atoms with Gasteiger partial charge in [-0.05, 0) is 57.2 Å². The number of aryl methyl sites for hydroxylation is 2. The van der Waals surface area contributed by atoms with Crippen LogP contribution in [0.4, 0.5) is 0 Å². The first-order chi connectivity index (χ1) is 7.88. The third kappa shape index (κ3) is 1.74. The van der Waals surface area contributed by atoms with Crippen LogP contribution in [0.3, 0.4) is 0 Å². The summed E-state index contributed by atoms with van der Waals surface area (Å²) < 4.78 is 0. The number of likely N-dealkylation sites (N-methyl/N-ethyl adjacent to an activating group) is 1. The fourth-order valence-corrected chi connectivity index (χ4v) is 4.37. The van der Waals surface area contributed by atoms with Gasteiger partial charge >= 0.3 is 0 Å². The molecule has 1 heterocycles. The highest BCUT2D eigenvalue weighted by Crippen LogP contribution is 2.38. The van der Waals surface area contributed by atoms with E-state index >= 15 is 0 Å². The van der Waals surface area contributed by atoms with E-state index in [1.807, 2.05) is 11.3 Å². The number of allylic oxidation sites excluding steroid dienone is 1. The predicted molar refractivity (Wildman–Crippen MR) is 70.1 cm³/mol. The van der Waals surface area contributed by atoms with Crippen molar-refractivity contribution in [2.75, 3.05) is 7.05 Å². The Morgan fingerprint density at radius 1 is 1.25 bits per heavy atom. The van der Waals surface area contributed by atoms with Crippen molar-refractivity contribution in [3.8, 4) is 0 Å². The summed E-state index contributed by atoms with van der Waals surface area (Å²) in [6.45, 7) is 0. The topological polar surface area (TPSA) is 12.0 Å². The Kier molecular flexibility index (Phi) is 2.86. The number of hydrogen-bond donors (Lipinski definition) is 1. The summed E-state index contributed by atoms with van der Waals surface area (Å²) in [5, 5.41) is 3.49. The van der Waals surface area contributed by atoms with Crippen LogP contribution in [0.5, 0.6) is 0 Å². The second kappa shape index (κ2) is 4.34. The van der Waals surface area contributed by atoms with Gasteiger partial charge in [0, 0.05) is 9.75 Å². The molecular weight excluding hydrogens is 214 g/mol. The fourth-order valence-electron chi connectivity index (χ4n) is 2.96. The van der Waals surface area contributed by atoms with Crippen molar-refractivity contribution < 1.29 is 0 Å². The number of rotatable bonds is 3. The SMILES string of the molecule is CNC(C1=CCCC1)c1cc2c(s1)CCC2. The third-order valence-electron chi connectivity index (χ3n) is 3.79. The van der Waals surface area contributed by atoms with Crippen LogP contribution in [0.25, 0.3) is 0 Å². The zero-order valence-corrected chi connectivity index (χ0v) is 10.7. The van der Waals surface area contributed by atoms with Gasteiger partial charge in [-0.2, -0.15) is 0 Å². The van der Waals surface area contributed by atoms with Crippen molar-refractivity contribution in [3.63, 3.8) is 0 Å². The number of thiophene rings is 1. The predicted octanol–water partition coefficient (Wildman–Crippen LogP) is 3.61. The Morgan fingerprint density at radius 3 is 2.88 bits per heavy atom. The fraction of sp³-hybridized carbons (Fsp3) is 0.571. The highest BCUT2D eigenvalue weighted by molar-refractivity contribution is 7.12. The van der Waals surface area contributed by atoms with Crippen molar-refractivity contribution in [2.45, 2.75) is 44.6 Å². The minimum absolute atomic E-state index is 0.498. The third-order valence-corrected chi connectivity index (χ3v) is 5.09. The molecule has 0 bridgehead atoms. The summed E-state index contributed by atoms with van der Waals surface area (Å²) in [4.78, 5) is 3.19. The van der Waals surface area contributed by atoms with Crippen molar-refractivity contribution in [1.82, 2.24) is 5.32 Å². The molecule has 2 heteroatoms. The monoisotopic (exact) mass is 233 g/mol. The van der Waals surface area contributed by atoms with Gasteiger partial charge in [0.05, 0.1) is 6.04 Å². The minimum Gasteiger partial charge on any atom is -0.309 e. The summed E-state index contributed by atoms with van der Waals surface area (Å²) >= 11 is 2.04. The van der Waals surface area contributed by atoms with Crippen LogP contribution in [0, 0.1) is 0 Å². The Bertz CT molecular complexity index is 395. The number of fused-ring (bicyclic) bond motifs is 1. The van der Waals surface area contributed by atoms with Crippen molar-refractivity contribution in [2.24, 2.45) is 0 Å². The molecule has 0 radical (unpaired) electrons. The van der Waals surface area contributed by atoms with Crippen LogP contribution >= 0.6 is 11.3 Å². The standard InChI is InChI=1S/C14H19NS/c1-15-14(10-5-2-3-6-10)13-9-11-7-4-8-12(11)16-13/h5,9,14-15H,2-4,6-8H2,1H3. The maximum Gasteiger partial charge on any atom is 0.0628 e. The van der Waals surface area contributed by atoms with E-state index in [1.165, 1.54) is 38.5 Å². The Morgan fingerprint density at radius 2 is 2.19 bits per heavy atom. The summed E-state index contributed by atoms with van der Waals surface area (Å²) in [5.74, 6) is 0. The molecule has 1 N–H and O–H groups in total. The molecule has 0 saturated heterocycles. The van der Waals surface area contributed by atoms with Crippen LogP contribution < -0.4 is 5.32 Å². The van der Waals surface area contributed by atoms with Crippen molar-refractivity contribution in [3.05, 3.63) is 33.0 Å². The van der Waals surface area contributed by atoms with Gasteiger partial charge in [0.2, 0.25) is 0 Å². The zero-order chi connectivity index (χ0) is 11.0. The lowest BCUT2D eigenvalue weighted by atomic mass is 10.0. The Labute approximate surface area is 102 Å². The van der Waals surface area contributed by atoms with Gasteiger partial charge in [-0.1, -0.05) is 11.6 Å². The van der Waals surface area contributed by atoms with Crippen molar-refractivity contribution >= 4 is 11.3 Å². The highest BCUT2D eigenvalue weighted by Gasteiger charge is 2.22. The van der Waals surface area contributed by atoms with Crippen LogP contribution in [0.2, 0.25) is 0 Å². The van der Waals surface area contributed by atoms with Crippen LogP contribution in [-0.2, 0) is 12.8 Å². The molecule has 16 heavy (non-hydrogen) atoms. The first-order valence-corrected chi connectivity index (χ1v) is 7.18. The molecule has 0 amide bonds. The van der Waals surface area contributed by atoms with Crippen LogP contribution in [0.1, 0.15) is 47.0 Å². The van der Waals surface area contributed by atoms with E-state index in [0.717, 1.165) is 0 Å². The molecule has 2 aliphatic rings. The van der Waals surface area contributed by atoms with Crippen molar-refractivity contribution in [1.29, 1.82) is 0 Å². The lowest BCUT2D eigenvalue weighted by Gasteiger charge is -2.16. The van der Waals surface area contributed by atoms with Gasteiger partial charge in [0.15, 0.2) is 0 Å². The smallest absolute Gasteiger partial charge is 0.0628 e. The average molecular weight is 233 g/mol. The first kappa shape index (κ1) is 10.5. The highest BCUT2D eigenvalue weighted by atomic mass is 32.1. The normalized spacial score (nSPS) is 20.9. The molecule has 1 unspecified atom stereocenters. The van der Waals surface area contributed by atoms with E-state index in [4.69, 9.17) is 0 Å². The molecule has 1 aromatic rings. The number of nitrogens with one attached hydrogen (secondary N) is 1. The lowest BCUT2D eigenvalue weighted by Crippen LogP contribution is -2.16. The van der Waals surface area contributed by atoms with Gasteiger partial charge < -0.3 is 5.32 Å². The molecule has 86 valence electrons. The quantitative estimate of drug-likeness (QED) is 0.786. The minimum atomic E-state index is 0.498. The summed E-state index contributed by atoms with van der Waals surface area (Å²) in [5.41, 5.74) is 3.24. The average Bonchev–Trinajstić information content (AvgIpc) is 2.91. The van der Waals surface area contributed by atoms with E-state index < -0.39 is 0 Å². The van der Waals surface area contributed by atoms with E-state index in [1.54, 1.807) is 20.9 Å². The van der Waals surface area contributed by atoms with Gasteiger partial charge in [-0.3, -0.25) is 0 Å². The summed E-state index contributed by atoms with van der Waals surface area (Å²) in [6.07, 6.45) is 10.3. The molecule has 1 nitrogen and oxygen atoms in total. The van der Waals surface area contributed by atoms with Gasteiger partial charge in [0.25, 0.3) is 0 Å². The molecule has 2 aliphatic carbocycles. The Balaban J connectivity index is 1.88. The molecule has 1 atom stereocenters. The maximum atomic E-state index is 3.49. The molecule has 0 aliphatic heterocycles. The lowest BCUT2D eigenvalue weighted by molar-refractivity contribution is 0.665. The van der Waals surface area contributed by atoms with Gasteiger partial charge in [-0.15, -0.1) is 11.3 Å². The molecule has 3 rings (SSSR count). The summed E-state index contributed by atoms with van der Waals surface area (Å²) in [7, 11) is 2.09. The van der Waals surface area contributed by atoms with Crippen LogP contribution in [-0.4, -0.2) is 7.05 Å². The summed E-state index contributed by atoms with van der Waals surface area (Å²) in [6, 6.07) is 2.95. The van der Waals surface area contributed by atoms with Crippen LogP contribution in [0.15, 0.2) is 17.7 Å². The number of hydrogen-bond acceptors (Lipinski definition) is 2. The molecule has 0 aromatic carbocycles. The molecule has 0 saturated carbocycles. The molecular formula is C14H19NS. The second-order valence-corrected chi connectivity index (χ2v) is 6.01. The zero-order valence-electron chi connectivity index (χ0n) is 9.88. The van der Waals surface area contributed by atoms with Gasteiger partial charge in [0.1, 0.15) is 0 Å². The van der Waals surface area contributed by atoms with E-state index in [9.17, 15) is 0 Å². The second-order valence-electron chi connectivity index (χ2n) is 4.84. The van der Waals surface area contributed by atoms with E-state index in [0.29, 0.717) is 6.04 Å². The largest absolute Gasteiger partial charge is 0.309 e. The van der Waals surface area contributed by atoms with E-state index in [2.05, 4.69) is 24.5 Å². The molecule has 1 aromatic heterocycles. The Hall–Kier alpha value is -0.600. The first-order valence-electron chi connectivity index (χ1n) is 6.36. The van der Waals surface area contributed by atoms with E-state index in [-0.39, 0.29) is 0 Å². The van der Waals surface area contributed by atoms with Gasteiger partial charge in [-0.25, -0.2) is 0 Å². The molecule has 0 spiro atoms. The maximum absolute atomic E-state index is 3.49.